The number of likely N-dealkylation sites (tertiary alicyclic amines) is 1. The van der Waals surface area contributed by atoms with E-state index in [-0.39, 0.29) is 0 Å². The van der Waals surface area contributed by atoms with Gasteiger partial charge in [-0.1, -0.05) is 13.8 Å². The van der Waals surface area contributed by atoms with Crippen molar-refractivity contribution in [2.45, 2.75) is 39.5 Å². The summed E-state index contributed by atoms with van der Waals surface area (Å²) in [4.78, 5) is 9.93. The summed E-state index contributed by atoms with van der Waals surface area (Å²) in [6.45, 7) is 8.52. The molecule has 0 aromatic carbocycles. The average molecular weight is 209 g/mol. The van der Waals surface area contributed by atoms with Gasteiger partial charge in [0.2, 0.25) is 0 Å². The third-order valence-corrected chi connectivity index (χ3v) is 2.97. The van der Waals surface area contributed by atoms with Crippen molar-refractivity contribution in [3.8, 4) is 0 Å². The molecule has 1 aliphatic rings. The molecule has 2 heterocycles. The Bertz CT molecular complexity index is 272. The molecule has 0 unspecified atom stereocenters. The van der Waals surface area contributed by atoms with E-state index in [0.29, 0.717) is 5.92 Å². The Morgan fingerprint density at radius 2 is 1.93 bits per heavy atom. The molecule has 0 radical (unpaired) electrons. The second kappa shape index (κ2) is 5.91. The third kappa shape index (κ3) is 3.06. The van der Waals surface area contributed by atoms with E-state index in [1.54, 1.807) is 0 Å². The van der Waals surface area contributed by atoms with E-state index in [1.165, 1.54) is 37.3 Å². The highest BCUT2D eigenvalue weighted by Gasteiger charge is 2.21. The molecule has 3 heteroatoms. The van der Waals surface area contributed by atoms with Crippen LogP contribution in [-0.4, -0.2) is 35.0 Å². The van der Waals surface area contributed by atoms with E-state index in [1.807, 2.05) is 20.2 Å². The highest BCUT2D eigenvalue weighted by molar-refractivity contribution is 5.15. The third-order valence-electron chi connectivity index (χ3n) is 2.97. The Balaban J connectivity index is 0.000000531. The number of rotatable bonds is 1. The lowest BCUT2D eigenvalue weighted by Crippen LogP contribution is -2.29. The number of piperidine rings is 1. The molecular weight excluding hydrogens is 186 g/mol. The average Bonchev–Trinajstić information content (AvgIpc) is 2.69. The van der Waals surface area contributed by atoms with Crippen LogP contribution < -0.4 is 0 Å². The first-order valence-corrected chi connectivity index (χ1v) is 5.96. The standard InChI is InChI=1S/C10H17N3.C2H6/c1-8-10(12-7-11-8)9-3-5-13(2)6-4-9;1-2/h7,9H,3-6H2,1-2H3,(H,11,12);1-2H3. The summed E-state index contributed by atoms with van der Waals surface area (Å²) in [6, 6.07) is 0. The van der Waals surface area contributed by atoms with E-state index in [4.69, 9.17) is 0 Å². The van der Waals surface area contributed by atoms with Gasteiger partial charge in [0.1, 0.15) is 0 Å². The zero-order valence-corrected chi connectivity index (χ0v) is 10.4. The van der Waals surface area contributed by atoms with Crippen LogP contribution in [0.2, 0.25) is 0 Å². The minimum absolute atomic E-state index is 0.683. The van der Waals surface area contributed by atoms with Gasteiger partial charge in [-0.15, -0.1) is 0 Å². The number of H-pyrrole nitrogens is 1. The van der Waals surface area contributed by atoms with Gasteiger partial charge in [0.15, 0.2) is 0 Å². The molecule has 1 saturated heterocycles. The van der Waals surface area contributed by atoms with Gasteiger partial charge >= 0.3 is 0 Å². The number of nitrogens with one attached hydrogen (secondary N) is 1. The second-order valence-electron chi connectivity index (χ2n) is 3.99. The summed E-state index contributed by atoms with van der Waals surface area (Å²) in [6.07, 6.45) is 4.31. The van der Waals surface area contributed by atoms with Crippen molar-refractivity contribution >= 4 is 0 Å². The highest BCUT2D eigenvalue weighted by Crippen LogP contribution is 2.27. The van der Waals surface area contributed by atoms with Gasteiger partial charge in [0.05, 0.1) is 12.0 Å². The summed E-state index contributed by atoms with van der Waals surface area (Å²) in [7, 11) is 2.19. The monoisotopic (exact) mass is 209 g/mol. The lowest BCUT2D eigenvalue weighted by Gasteiger charge is -2.28. The Hall–Kier alpha value is -0.830. The Labute approximate surface area is 92.9 Å². The van der Waals surface area contributed by atoms with Crippen LogP contribution in [0.5, 0.6) is 0 Å². The lowest BCUT2D eigenvalue weighted by molar-refractivity contribution is 0.253. The van der Waals surface area contributed by atoms with E-state index in [2.05, 4.69) is 28.8 Å². The summed E-state index contributed by atoms with van der Waals surface area (Å²) in [5.41, 5.74) is 2.53. The Morgan fingerprint density at radius 1 is 1.33 bits per heavy atom. The van der Waals surface area contributed by atoms with Gasteiger partial charge in [-0.3, -0.25) is 0 Å². The molecule has 0 saturated carbocycles. The van der Waals surface area contributed by atoms with Crippen LogP contribution in [0.1, 0.15) is 44.0 Å². The van der Waals surface area contributed by atoms with Crippen LogP contribution in [-0.2, 0) is 0 Å². The zero-order valence-electron chi connectivity index (χ0n) is 10.4. The molecule has 15 heavy (non-hydrogen) atoms. The molecule has 3 nitrogen and oxygen atoms in total. The fraction of sp³-hybridized carbons (Fsp3) is 0.750. The molecular formula is C12H23N3. The first-order valence-electron chi connectivity index (χ1n) is 5.96. The predicted octanol–water partition coefficient (Wildman–Crippen LogP) is 2.55. The van der Waals surface area contributed by atoms with E-state index in [0.717, 1.165) is 0 Å². The molecule has 0 bridgehead atoms. The number of hydrogen-bond acceptors (Lipinski definition) is 2. The van der Waals surface area contributed by atoms with E-state index >= 15 is 0 Å². The minimum atomic E-state index is 0.683. The molecule has 0 atom stereocenters. The smallest absolute Gasteiger partial charge is 0.0925 e. The van der Waals surface area contributed by atoms with Crippen molar-refractivity contribution in [2.75, 3.05) is 20.1 Å². The Morgan fingerprint density at radius 3 is 2.40 bits per heavy atom. The molecule has 1 fully saturated rings. The minimum Gasteiger partial charge on any atom is -0.348 e. The maximum atomic E-state index is 4.39. The van der Waals surface area contributed by atoms with E-state index < -0.39 is 0 Å². The van der Waals surface area contributed by atoms with Crippen molar-refractivity contribution in [1.82, 2.24) is 14.9 Å². The van der Waals surface area contributed by atoms with Crippen LogP contribution in [0.3, 0.4) is 0 Å². The molecule has 1 aromatic heterocycles. The normalized spacial score (nSPS) is 18.4. The summed E-state index contributed by atoms with van der Waals surface area (Å²) >= 11 is 0. The van der Waals surface area contributed by atoms with Crippen molar-refractivity contribution in [3.63, 3.8) is 0 Å². The first-order chi connectivity index (χ1) is 7.27. The molecule has 1 N–H and O–H groups in total. The molecule has 0 amide bonds. The maximum Gasteiger partial charge on any atom is 0.0925 e. The van der Waals surface area contributed by atoms with Gasteiger partial charge in [-0.2, -0.15) is 0 Å². The summed E-state index contributed by atoms with van der Waals surface area (Å²) in [5.74, 6) is 0.683. The van der Waals surface area contributed by atoms with Crippen LogP contribution in [0.25, 0.3) is 0 Å². The van der Waals surface area contributed by atoms with Crippen LogP contribution in [0, 0.1) is 6.92 Å². The summed E-state index contributed by atoms with van der Waals surface area (Å²) in [5, 5.41) is 0. The van der Waals surface area contributed by atoms with E-state index in [9.17, 15) is 0 Å². The predicted molar refractivity (Wildman–Crippen MR) is 64.1 cm³/mol. The fourth-order valence-corrected chi connectivity index (χ4v) is 2.06. The molecule has 2 rings (SSSR count). The fourth-order valence-electron chi connectivity index (χ4n) is 2.06. The quantitative estimate of drug-likeness (QED) is 0.771. The number of hydrogen-bond donors (Lipinski definition) is 1. The van der Waals surface area contributed by atoms with Gasteiger partial charge in [0, 0.05) is 11.6 Å². The van der Waals surface area contributed by atoms with Crippen molar-refractivity contribution in [3.05, 3.63) is 17.7 Å². The maximum absolute atomic E-state index is 4.39. The Kier molecular flexibility index (Phi) is 4.82. The number of imidazole rings is 1. The van der Waals surface area contributed by atoms with Crippen molar-refractivity contribution in [1.29, 1.82) is 0 Å². The van der Waals surface area contributed by atoms with Crippen LogP contribution >= 0.6 is 0 Å². The number of aromatic nitrogens is 2. The van der Waals surface area contributed by atoms with Gasteiger partial charge in [-0.05, 0) is 39.9 Å². The molecule has 86 valence electrons. The van der Waals surface area contributed by atoms with Crippen molar-refractivity contribution in [2.24, 2.45) is 0 Å². The van der Waals surface area contributed by atoms with Gasteiger partial charge < -0.3 is 9.88 Å². The number of nitrogens with zero attached hydrogens (tertiary/aromatic N) is 2. The molecule has 0 aliphatic carbocycles. The molecule has 0 spiro atoms. The largest absolute Gasteiger partial charge is 0.348 e. The highest BCUT2D eigenvalue weighted by atomic mass is 15.1. The lowest BCUT2D eigenvalue weighted by atomic mass is 9.93. The second-order valence-corrected chi connectivity index (χ2v) is 3.99. The molecule has 1 aromatic rings. The number of aromatic amines is 1. The van der Waals surface area contributed by atoms with Crippen LogP contribution in [0.15, 0.2) is 6.33 Å². The topological polar surface area (TPSA) is 31.9 Å². The summed E-state index contributed by atoms with van der Waals surface area (Å²) < 4.78 is 0. The zero-order chi connectivity index (χ0) is 11.3. The first kappa shape index (κ1) is 12.2. The number of aryl methyl sites for hydroxylation is 1. The van der Waals surface area contributed by atoms with Crippen molar-refractivity contribution < 1.29 is 0 Å². The van der Waals surface area contributed by atoms with Gasteiger partial charge in [-0.25, -0.2) is 4.98 Å². The van der Waals surface area contributed by atoms with Gasteiger partial charge in [0.25, 0.3) is 0 Å². The molecule has 1 aliphatic heterocycles. The van der Waals surface area contributed by atoms with Crippen LogP contribution in [0.4, 0.5) is 0 Å². The SMILES string of the molecule is CC.Cc1[nH]cnc1C1CCN(C)CC1.